The molecule has 2 rings (SSSR count). The third kappa shape index (κ3) is 5.12. The molecule has 1 aromatic rings. The average Bonchev–Trinajstić information content (AvgIpc) is 2.94. The predicted octanol–water partition coefficient (Wildman–Crippen LogP) is 2.90. The van der Waals surface area contributed by atoms with Crippen molar-refractivity contribution in [2.45, 2.75) is 59.4 Å². The lowest BCUT2D eigenvalue weighted by Gasteiger charge is -2.22. The van der Waals surface area contributed by atoms with Gasteiger partial charge in [0.05, 0.1) is 6.04 Å². The lowest BCUT2D eigenvalue weighted by molar-refractivity contribution is -0.117. The van der Waals surface area contributed by atoms with Crippen LogP contribution in [0, 0.1) is 11.3 Å². The van der Waals surface area contributed by atoms with Crippen molar-refractivity contribution >= 4 is 11.9 Å². The standard InChI is InChI=1S/C15H26N4O2/c1-10(9-15(2,3)4)8-12(20)17-14-19-18-13(21-14)11-6-5-7-16-11/h10-11,16H,5-9H2,1-4H3,(H,17,19,20). The topological polar surface area (TPSA) is 80.0 Å². The molecule has 0 aliphatic carbocycles. The Bertz CT molecular complexity index is 472. The summed E-state index contributed by atoms with van der Waals surface area (Å²) in [5, 5.41) is 13.9. The fraction of sp³-hybridized carbons (Fsp3) is 0.800. The number of hydrogen-bond acceptors (Lipinski definition) is 5. The number of carbonyl (C=O) groups is 1. The van der Waals surface area contributed by atoms with Crippen molar-refractivity contribution in [1.82, 2.24) is 15.5 Å². The quantitative estimate of drug-likeness (QED) is 0.872. The second-order valence-electron chi connectivity index (χ2n) is 7.22. The van der Waals surface area contributed by atoms with Crippen LogP contribution >= 0.6 is 0 Å². The maximum Gasteiger partial charge on any atom is 0.322 e. The van der Waals surface area contributed by atoms with Crippen molar-refractivity contribution in [3.63, 3.8) is 0 Å². The fourth-order valence-corrected chi connectivity index (χ4v) is 2.93. The van der Waals surface area contributed by atoms with E-state index in [1.165, 1.54) is 0 Å². The monoisotopic (exact) mass is 294 g/mol. The summed E-state index contributed by atoms with van der Waals surface area (Å²) >= 11 is 0. The largest absolute Gasteiger partial charge is 0.406 e. The molecule has 2 unspecified atom stereocenters. The van der Waals surface area contributed by atoms with E-state index in [4.69, 9.17) is 4.42 Å². The summed E-state index contributed by atoms with van der Waals surface area (Å²) in [6, 6.07) is 0.328. The minimum atomic E-state index is -0.0682. The number of hydrogen-bond donors (Lipinski definition) is 2. The highest BCUT2D eigenvalue weighted by Crippen LogP contribution is 2.26. The zero-order chi connectivity index (χ0) is 15.5. The van der Waals surface area contributed by atoms with Gasteiger partial charge in [0.2, 0.25) is 11.8 Å². The van der Waals surface area contributed by atoms with Gasteiger partial charge in [0, 0.05) is 6.42 Å². The summed E-state index contributed by atoms with van der Waals surface area (Å²) in [6.07, 6.45) is 3.58. The van der Waals surface area contributed by atoms with Crippen molar-refractivity contribution in [3.8, 4) is 0 Å². The zero-order valence-electron chi connectivity index (χ0n) is 13.4. The Balaban J connectivity index is 1.82. The molecule has 0 spiro atoms. The molecule has 0 aromatic carbocycles. The van der Waals surface area contributed by atoms with E-state index in [1.807, 2.05) is 0 Å². The fourth-order valence-electron chi connectivity index (χ4n) is 2.93. The van der Waals surface area contributed by atoms with Gasteiger partial charge in [-0.2, -0.15) is 0 Å². The smallest absolute Gasteiger partial charge is 0.322 e. The van der Waals surface area contributed by atoms with Crippen molar-refractivity contribution < 1.29 is 9.21 Å². The van der Waals surface area contributed by atoms with E-state index in [0.29, 0.717) is 18.2 Å². The molecule has 118 valence electrons. The van der Waals surface area contributed by atoms with Crippen molar-refractivity contribution in [2.75, 3.05) is 11.9 Å². The molecule has 1 saturated heterocycles. The van der Waals surface area contributed by atoms with Crippen LogP contribution in [-0.2, 0) is 4.79 Å². The summed E-state index contributed by atoms with van der Waals surface area (Å²) in [5.41, 5.74) is 0.228. The molecule has 2 heterocycles. The van der Waals surface area contributed by atoms with Gasteiger partial charge in [0.25, 0.3) is 0 Å². The first-order valence-corrected chi connectivity index (χ1v) is 7.70. The maximum atomic E-state index is 12.0. The van der Waals surface area contributed by atoms with Crippen LogP contribution in [0.15, 0.2) is 4.42 Å². The van der Waals surface area contributed by atoms with E-state index < -0.39 is 0 Å². The van der Waals surface area contributed by atoms with E-state index in [1.54, 1.807) is 0 Å². The lowest BCUT2D eigenvalue weighted by Crippen LogP contribution is -2.19. The van der Waals surface area contributed by atoms with E-state index >= 15 is 0 Å². The van der Waals surface area contributed by atoms with Gasteiger partial charge in [-0.1, -0.05) is 32.8 Å². The zero-order valence-corrected chi connectivity index (χ0v) is 13.4. The Labute approximate surface area is 126 Å². The van der Waals surface area contributed by atoms with Gasteiger partial charge in [0.15, 0.2) is 0 Å². The highest BCUT2D eigenvalue weighted by molar-refractivity contribution is 5.88. The molecular weight excluding hydrogens is 268 g/mol. The van der Waals surface area contributed by atoms with Crippen molar-refractivity contribution in [1.29, 1.82) is 0 Å². The summed E-state index contributed by atoms with van der Waals surface area (Å²) < 4.78 is 5.50. The Morgan fingerprint density at radius 3 is 2.86 bits per heavy atom. The SMILES string of the molecule is CC(CC(=O)Nc1nnc(C2CCCN2)o1)CC(C)(C)C. The number of rotatable bonds is 5. The minimum absolute atomic E-state index is 0.0682. The molecule has 21 heavy (non-hydrogen) atoms. The van der Waals surface area contributed by atoms with E-state index in [0.717, 1.165) is 25.8 Å². The highest BCUT2D eigenvalue weighted by Gasteiger charge is 2.23. The molecule has 1 fully saturated rings. The molecule has 1 amide bonds. The Morgan fingerprint density at radius 1 is 1.48 bits per heavy atom. The van der Waals surface area contributed by atoms with E-state index in [-0.39, 0.29) is 23.4 Å². The lowest BCUT2D eigenvalue weighted by atomic mass is 9.84. The summed E-state index contributed by atoms with van der Waals surface area (Å²) in [6.45, 7) is 9.60. The third-order valence-electron chi connectivity index (χ3n) is 3.54. The second kappa shape index (κ2) is 6.56. The Morgan fingerprint density at radius 2 is 2.24 bits per heavy atom. The molecule has 1 aliphatic rings. The number of anilines is 1. The molecule has 0 radical (unpaired) electrons. The summed E-state index contributed by atoms with van der Waals surface area (Å²) in [4.78, 5) is 12.0. The molecule has 6 heteroatoms. The van der Waals surface area contributed by atoms with Crippen LogP contribution in [0.5, 0.6) is 0 Å². The molecule has 0 saturated carbocycles. The first kappa shape index (κ1) is 15.9. The second-order valence-corrected chi connectivity index (χ2v) is 7.22. The average molecular weight is 294 g/mol. The molecule has 2 atom stereocenters. The normalized spacial score (nSPS) is 20.5. The van der Waals surface area contributed by atoms with Gasteiger partial charge in [0.1, 0.15) is 0 Å². The number of aromatic nitrogens is 2. The maximum absolute atomic E-state index is 12.0. The molecule has 0 bridgehead atoms. The van der Waals surface area contributed by atoms with Crippen LogP contribution in [-0.4, -0.2) is 22.6 Å². The van der Waals surface area contributed by atoms with Crippen molar-refractivity contribution in [2.24, 2.45) is 11.3 Å². The molecule has 1 aliphatic heterocycles. The predicted molar refractivity (Wildman–Crippen MR) is 80.8 cm³/mol. The van der Waals surface area contributed by atoms with Crippen LogP contribution in [0.4, 0.5) is 6.01 Å². The van der Waals surface area contributed by atoms with Gasteiger partial charge in [-0.3, -0.25) is 10.1 Å². The summed E-state index contributed by atoms with van der Waals surface area (Å²) in [7, 11) is 0. The molecular formula is C15H26N4O2. The van der Waals surface area contributed by atoms with Gasteiger partial charge < -0.3 is 9.73 Å². The van der Waals surface area contributed by atoms with Crippen LogP contribution in [0.2, 0.25) is 0 Å². The van der Waals surface area contributed by atoms with Crippen LogP contribution in [0.3, 0.4) is 0 Å². The van der Waals surface area contributed by atoms with Gasteiger partial charge in [-0.05, 0) is 37.1 Å². The van der Waals surface area contributed by atoms with E-state index in [9.17, 15) is 4.79 Å². The van der Waals surface area contributed by atoms with Crippen molar-refractivity contribution in [3.05, 3.63) is 5.89 Å². The van der Waals surface area contributed by atoms with Gasteiger partial charge in [-0.15, -0.1) is 5.10 Å². The van der Waals surface area contributed by atoms with Gasteiger partial charge >= 0.3 is 6.01 Å². The number of nitrogens with one attached hydrogen (secondary N) is 2. The van der Waals surface area contributed by atoms with E-state index in [2.05, 4.69) is 48.5 Å². The summed E-state index contributed by atoms with van der Waals surface area (Å²) in [5.74, 6) is 0.816. The van der Waals surface area contributed by atoms with Crippen LogP contribution in [0.25, 0.3) is 0 Å². The first-order valence-electron chi connectivity index (χ1n) is 7.70. The number of nitrogens with zero attached hydrogens (tertiary/aromatic N) is 2. The molecule has 2 N–H and O–H groups in total. The number of carbonyl (C=O) groups excluding carboxylic acids is 1. The van der Waals surface area contributed by atoms with Gasteiger partial charge in [-0.25, -0.2) is 0 Å². The van der Waals surface area contributed by atoms with Crippen LogP contribution < -0.4 is 10.6 Å². The third-order valence-corrected chi connectivity index (χ3v) is 3.54. The van der Waals surface area contributed by atoms with Crippen LogP contribution in [0.1, 0.15) is 65.3 Å². The molecule has 6 nitrogen and oxygen atoms in total. The highest BCUT2D eigenvalue weighted by atomic mass is 16.4. The minimum Gasteiger partial charge on any atom is -0.406 e. The Kier molecular flexibility index (Phi) is 4.98. The first-order chi connectivity index (χ1) is 9.83. The molecule has 1 aromatic heterocycles. The number of amides is 1. The Hall–Kier alpha value is -1.43.